The number of piperazine rings is 1. The molecule has 1 aliphatic rings. The molecule has 5 nitrogen and oxygen atoms in total. The van der Waals surface area contributed by atoms with Gasteiger partial charge in [-0.2, -0.15) is 0 Å². The average Bonchev–Trinajstić information content (AvgIpc) is 2.73. The van der Waals surface area contributed by atoms with Gasteiger partial charge in [-0.05, 0) is 28.9 Å². The van der Waals surface area contributed by atoms with E-state index in [0.29, 0.717) is 18.8 Å². The van der Waals surface area contributed by atoms with Crippen molar-refractivity contribution in [3.05, 3.63) is 22.4 Å². The van der Waals surface area contributed by atoms with Gasteiger partial charge in [0.25, 0.3) is 5.91 Å². The van der Waals surface area contributed by atoms with Crippen LogP contribution in [0.1, 0.15) is 17.4 Å². The molecule has 0 bridgehead atoms. The number of nitrogens with zero attached hydrogens (tertiary/aromatic N) is 3. The van der Waals surface area contributed by atoms with E-state index in [1.807, 2.05) is 17.7 Å². The molecule has 0 saturated carbocycles. The minimum Gasteiger partial charge on any atom is -0.343 e. The van der Waals surface area contributed by atoms with Crippen molar-refractivity contribution in [3.8, 4) is 0 Å². The number of likely N-dealkylation sites (N-methyl/N-ethyl adjacent to an activating group) is 1. The zero-order valence-electron chi connectivity index (χ0n) is 10.5. The molecule has 98 valence electrons. The summed E-state index contributed by atoms with van der Waals surface area (Å²) in [6.45, 7) is 4.07. The summed E-state index contributed by atoms with van der Waals surface area (Å²) in [5.74, 6) is -0.0905. The number of carbonyl (C=O) groups excluding carboxylic acids is 2. The van der Waals surface area contributed by atoms with Gasteiger partial charge in [-0.3, -0.25) is 9.59 Å². The Morgan fingerprint density at radius 3 is 2.78 bits per heavy atom. The van der Waals surface area contributed by atoms with Crippen molar-refractivity contribution >= 4 is 27.7 Å². The van der Waals surface area contributed by atoms with Crippen LogP contribution >= 0.6 is 15.9 Å². The lowest BCUT2D eigenvalue weighted by Crippen LogP contribution is -2.50. The Hall–Kier alpha value is -1.30. The van der Waals surface area contributed by atoms with E-state index < -0.39 is 0 Å². The third kappa shape index (κ3) is 2.43. The fourth-order valence-corrected chi connectivity index (χ4v) is 2.47. The Labute approximate surface area is 114 Å². The molecule has 0 aliphatic carbocycles. The van der Waals surface area contributed by atoms with Gasteiger partial charge in [0.1, 0.15) is 12.2 Å². The second kappa shape index (κ2) is 5.14. The van der Waals surface area contributed by atoms with Crippen LogP contribution in [0.3, 0.4) is 0 Å². The molecule has 18 heavy (non-hydrogen) atoms. The monoisotopic (exact) mass is 313 g/mol. The minimum absolute atomic E-state index is 0.0109. The summed E-state index contributed by atoms with van der Waals surface area (Å²) in [5.41, 5.74) is 0.627. The molecular weight excluding hydrogens is 298 g/mol. The quantitative estimate of drug-likeness (QED) is 0.823. The molecule has 2 amide bonds. The third-order valence-corrected chi connectivity index (χ3v) is 3.60. The molecule has 0 unspecified atom stereocenters. The molecule has 6 heteroatoms. The van der Waals surface area contributed by atoms with E-state index in [1.165, 1.54) is 0 Å². The van der Waals surface area contributed by atoms with Crippen molar-refractivity contribution in [1.82, 2.24) is 14.4 Å². The molecule has 0 aromatic carbocycles. The van der Waals surface area contributed by atoms with Crippen LogP contribution in [-0.2, 0) is 11.3 Å². The van der Waals surface area contributed by atoms with Crippen LogP contribution in [0, 0.1) is 0 Å². The summed E-state index contributed by atoms with van der Waals surface area (Å²) in [7, 11) is 1.76. The molecular formula is C12H16BrN3O2. The van der Waals surface area contributed by atoms with Gasteiger partial charge in [-0.1, -0.05) is 0 Å². The van der Waals surface area contributed by atoms with Crippen LogP contribution in [0.4, 0.5) is 0 Å². The number of carbonyl (C=O) groups is 2. The van der Waals surface area contributed by atoms with Crippen LogP contribution in [0.2, 0.25) is 0 Å². The minimum atomic E-state index is -0.0796. The summed E-state index contributed by atoms with van der Waals surface area (Å²) in [6.07, 6.45) is 1.88. The molecule has 0 spiro atoms. The van der Waals surface area contributed by atoms with E-state index in [9.17, 15) is 9.59 Å². The van der Waals surface area contributed by atoms with E-state index in [-0.39, 0.29) is 18.4 Å². The summed E-state index contributed by atoms with van der Waals surface area (Å²) in [5, 5.41) is 0. The maximum Gasteiger partial charge on any atom is 0.271 e. The zero-order chi connectivity index (χ0) is 13.3. The topological polar surface area (TPSA) is 45.6 Å². The lowest BCUT2D eigenvalue weighted by Gasteiger charge is -2.32. The van der Waals surface area contributed by atoms with Crippen LogP contribution in [0.15, 0.2) is 16.7 Å². The average molecular weight is 314 g/mol. The van der Waals surface area contributed by atoms with Crippen LogP contribution in [0.25, 0.3) is 0 Å². The molecule has 1 saturated heterocycles. The highest BCUT2D eigenvalue weighted by atomic mass is 79.9. The van der Waals surface area contributed by atoms with Gasteiger partial charge in [-0.15, -0.1) is 0 Å². The molecule has 1 aliphatic heterocycles. The number of hydrogen-bond donors (Lipinski definition) is 0. The first-order valence-corrected chi connectivity index (χ1v) is 6.71. The number of aryl methyl sites for hydroxylation is 1. The highest BCUT2D eigenvalue weighted by molar-refractivity contribution is 9.10. The Morgan fingerprint density at radius 2 is 2.17 bits per heavy atom. The van der Waals surface area contributed by atoms with Crippen molar-refractivity contribution in [2.45, 2.75) is 13.5 Å². The van der Waals surface area contributed by atoms with Gasteiger partial charge in [0.2, 0.25) is 5.91 Å². The Balaban J connectivity index is 2.18. The van der Waals surface area contributed by atoms with Crippen LogP contribution in [-0.4, -0.2) is 52.9 Å². The van der Waals surface area contributed by atoms with Gasteiger partial charge in [0.15, 0.2) is 0 Å². The Kier molecular flexibility index (Phi) is 3.75. The number of rotatable bonds is 2. The predicted molar refractivity (Wildman–Crippen MR) is 71.3 cm³/mol. The lowest BCUT2D eigenvalue weighted by molar-refractivity contribution is -0.133. The van der Waals surface area contributed by atoms with Crippen molar-refractivity contribution in [2.24, 2.45) is 0 Å². The number of aromatic nitrogens is 1. The van der Waals surface area contributed by atoms with E-state index >= 15 is 0 Å². The van der Waals surface area contributed by atoms with Gasteiger partial charge in [0.05, 0.1) is 0 Å². The Morgan fingerprint density at radius 1 is 1.44 bits per heavy atom. The number of hydrogen-bond acceptors (Lipinski definition) is 2. The zero-order valence-corrected chi connectivity index (χ0v) is 12.1. The summed E-state index contributed by atoms with van der Waals surface area (Å²) < 4.78 is 2.77. The van der Waals surface area contributed by atoms with E-state index in [0.717, 1.165) is 11.0 Å². The van der Waals surface area contributed by atoms with Gasteiger partial charge in [0, 0.05) is 37.4 Å². The summed E-state index contributed by atoms with van der Waals surface area (Å²) in [4.78, 5) is 27.2. The fourth-order valence-electron chi connectivity index (χ4n) is 2.01. The van der Waals surface area contributed by atoms with Crippen molar-refractivity contribution in [3.63, 3.8) is 0 Å². The van der Waals surface area contributed by atoms with Gasteiger partial charge >= 0.3 is 0 Å². The smallest absolute Gasteiger partial charge is 0.271 e. The van der Waals surface area contributed by atoms with E-state index in [1.54, 1.807) is 22.9 Å². The predicted octanol–water partition coefficient (Wildman–Crippen LogP) is 1.18. The highest BCUT2D eigenvalue weighted by Gasteiger charge is 2.27. The Bertz CT molecular complexity index is 484. The summed E-state index contributed by atoms with van der Waals surface area (Å²) in [6, 6.07) is 1.80. The first kappa shape index (κ1) is 13.1. The first-order valence-electron chi connectivity index (χ1n) is 5.92. The molecule has 0 radical (unpaired) electrons. The SMILES string of the molecule is CCn1cc(Br)cc1C(=O)N1CCN(C)C(=O)C1. The van der Waals surface area contributed by atoms with Crippen molar-refractivity contribution in [1.29, 1.82) is 0 Å². The molecule has 1 aromatic rings. The van der Waals surface area contributed by atoms with Gasteiger partial charge in [-0.25, -0.2) is 0 Å². The molecule has 1 fully saturated rings. The van der Waals surface area contributed by atoms with Crippen molar-refractivity contribution < 1.29 is 9.59 Å². The van der Waals surface area contributed by atoms with Gasteiger partial charge < -0.3 is 14.4 Å². The maximum atomic E-state index is 12.4. The lowest BCUT2D eigenvalue weighted by atomic mass is 10.3. The largest absolute Gasteiger partial charge is 0.343 e. The fraction of sp³-hybridized carbons (Fsp3) is 0.500. The molecule has 0 N–H and O–H groups in total. The third-order valence-electron chi connectivity index (χ3n) is 3.17. The van der Waals surface area contributed by atoms with Crippen LogP contribution in [0.5, 0.6) is 0 Å². The molecule has 0 atom stereocenters. The second-order valence-electron chi connectivity index (χ2n) is 4.37. The second-order valence-corrected chi connectivity index (χ2v) is 5.29. The molecule has 1 aromatic heterocycles. The van der Waals surface area contributed by atoms with E-state index in [4.69, 9.17) is 0 Å². The standard InChI is InChI=1S/C12H16BrN3O2/c1-3-15-7-9(13)6-10(15)12(18)16-5-4-14(2)11(17)8-16/h6-7H,3-5,8H2,1-2H3. The first-order chi connectivity index (χ1) is 8.52. The van der Waals surface area contributed by atoms with E-state index in [2.05, 4.69) is 15.9 Å². The molecule has 2 heterocycles. The summed E-state index contributed by atoms with van der Waals surface area (Å²) >= 11 is 3.37. The highest BCUT2D eigenvalue weighted by Crippen LogP contribution is 2.17. The maximum absolute atomic E-state index is 12.4. The number of halogens is 1. The normalized spacial score (nSPS) is 16.3. The van der Waals surface area contributed by atoms with Crippen molar-refractivity contribution in [2.75, 3.05) is 26.7 Å². The van der Waals surface area contributed by atoms with Crippen LogP contribution < -0.4 is 0 Å². The molecule has 2 rings (SSSR count). The number of amides is 2.